The number of H-pyrrole nitrogens is 1. The summed E-state index contributed by atoms with van der Waals surface area (Å²) in [5.74, 6) is -1.88. The number of aromatic hydroxyl groups is 1. The van der Waals surface area contributed by atoms with Gasteiger partial charge < -0.3 is 25.3 Å². The molecule has 0 aliphatic carbocycles. The van der Waals surface area contributed by atoms with Crippen molar-refractivity contribution in [3.05, 3.63) is 68.5 Å². The maximum atomic E-state index is 12.7. The molecule has 1 heterocycles. The normalized spacial score (nSPS) is 10.7. The number of nitrogens with one attached hydrogen (secondary N) is 2. The van der Waals surface area contributed by atoms with E-state index in [-0.39, 0.29) is 17.3 Å². The molecule has 0 atom stereocenters. The van der Waals surface area contributed by atoms with Crippen LogP contribution < -0.4 is 15.6 Å². The Balaban J connectivity index is 1.59. The first-order chi connectivity index (χ1) is 16.8. The van der Waals surface area contributed by atoms with Crippen LogP contribution in [0, 0.1) is 10.1 Å². The quantitative estimate of drug-likeness (QED) is 0.169. The molecule has 0 bridgehead atoms. The third-order valence-electron chi connectivity index (χ3n) is 5.33. The van der Waals surface area contributed by atoms with Crippen LogP contribution in [0.5, 0.6) is 11.5 Å². The molecule has 11 nitrogen and oxygen atoms in total. The van der Waals surface area contributed by atoms with Crippen molar-refractivity contribution in [3.8, 4) is 11.5 Å². The predicted molar refractivity (Wildman–Crippen MR) is 128 cm³/mol. The van der Waals surface area contributed by atoms with Crippen molar-refractivity contribution >= 4 is 34.2 Å². The van der Waals surface area contributed by atoms with Crippen molar-refractivity contribution in [2.75, 3.05) is 11.9 Å². The second kappa shape index (κ2) is 11.6. The van der Waals surface area contributed by atoms with E-state index >= 15 is 0 Å². The van der Waals surface area contributed by atoms with E-state index in [0.29, 0.717) is 24.5 Å². The third kappa shape index (κ3) is 6.56. The number of carbonyl (C=O) groups is 2. The van der Waals surface area contributed by atoms with Crippen LogP contribution >= 0.6 is 0 Å². The predicted octanol–water partition coefficient (Wildman–Crippen LogP) is 4.20. The Morgan fingerprint density at radius 1 is 1.03 bits per heavy atom. The van der Waals surface area contributed by atoms with Crippen molar-refractivity contribution in [1.29, 1.82) is 0 Å². The number of non-ortho nitro benzene ring substituents is 1. The number of carbonyl (C=O) groups excluding carboxylic acids is 1. The van der Waals surface area contributed by atoms with E-state index in [1.807, 2.05) is 0 Å². The molecule has 2 aromatic carbocycles. The van der Waals surface area contributed by atoms with Gasteiger partial charge in [0.1, 0.15) is 22.4 Å². The van der Waals surface area contributed by atoms with E-state index in [0.717, 1.165) is 25.7 Å². The van der Waals surface area contributed by atoms with E-state index in [9.17, 15) is 29.6 Å². The van der Waals surface area contributed by atoms with Crippen LogP contribution in [0.1, 0.15) is 48.9 Å². The molecule has 184 valence electrons. The van der Waals surface area contributed by atoms with E-state index in [2.05, 4.69) is 10.3 Å². The number of carboxylic acid groups (broad SMARTS) is 1. The molecule has 4 N–H and O–H groups in total. The number of aromatic amines is 1. The van der Waals surface area contributed by atoms with Gasteiger partial charge >= 0.3 is 5.97 Å². The van der Waals surface area contributed by atoms with Gasteiger partial charge in [-0.05, 0) is 43.2 Å². The lowest BCUT2D eigenvalue weighted by molar-refractivity contribution is -0.383. The maximum absolute atomic E-state index is 12.7. The number of carboxylic acids is 1. The number of amides is 1. The zero-order valence-electron chi connectivity index (χ0n) is 18.8. The number of nitro groups is 1. The molecule has 0 aliphatic rings. The summed E-state index contributed by atoms with van der Waals surface area (Å²) in [6.45, 7) is 0.490. The smallest absolute Gasteiger partial charge is 0.303 e. The second-order valence-electron chi connectivity index (χ2n) is 7.87. The fourth-order valence-corrected chi connectivity index (χ4v) is 3.60. The Kier molecular flexibility index (Phi) is 8.38. The van der Waals surface area contributed by atoms with Gasteiger partial charge in [-0.15, -0.1) is 0 Å². The highest BCUT2D eigenvalue weighted by Crippen LogP contribution is 2.33. The molecule has 0 radical (unpaired) electrons. The number of nitrogens with zero attached hydrogens (tertiary/aromatic N) is 1. The van der Waals surface area contributed by atoms with Crippen LogP contribution in [0.3, 0.4) is 0 Å². The van der Waals surface area contributed by atoms with Gasteiger partial charge in [0.05, 0.1) is 17.0 Å². The van der Waals surface area contributed by atoms with Gasteiger partial charge in [0.15, 0.2) is 0 Å². The Labute approximate surface area is 199 Å². The SMILES string of the molecule is O=C(O)CCCCCCCOc1ccc(NC(=O)c2c(O)c3c([N+](=O)[O-])cccc3[nH]c2=O)cc1. The van der Waals surface area contributed by atoms with E-state index in [4.69, 9.17) is 9.84 Å². The van der Waals surface area contributed by atoms with Gasteiger partial charge in [-0.1, -0.05) is 25.3 Å². The van der Waals surface area contributed by atoms with Gasteiger partial charge in [0.25, 0.3) is 17.2 Å². The Bertz CT molecular complexity index is 1280. The van der Waals surface area contributed by atoms with Crippen LogP contribution in [0.25, 0.3) is 10.9 Å². The van der Waals surface area contributed by atoms with Gasteiger partial charge in [-0.3, -0.25) is 24.5 Å². The van der Waals surface area contributed by atoms with Crippen molar-refractivity contribution in [2.45, 2.75) is 38.5 Å². The first kappa shape index (κ1) is 25.2. The van der Waals surface area contributed by atoms with Gasteiger partial charge in [-0.25, -0.2) is 0 Å². The van der Waals surface area contributed by atoms with E-state index in [1.165, 1.54) is 18.2 Å². The molecule has 0 fully saturated rings. The van der Waals surface area contributed by atoms with Gasteiger partial charge in [0, 0.05) is 18.2 Å². The summed E-state index contributed by atoms with van der Waals surface area (Å²) in [6, 6.07) is 10.3. The molecular formula is C24H25N3O8. The number of pyridine rings is 1. The molecule has 3 rings (SSSR count). The lowest BCUT2D eigenvalue weighted by atomic mass is 10.1. The number of benzene rings is 2. The molecule has 0 spiro atoms. The van der Waals surface area contributed by atoms with Gasteiger partial charge in [0.2, 0.25) is 0 Å². The average molecular weight is 483 g/mol. The van der Waals surface area contributed by atoms with Crippen molar-refractivity contribution < 1.29 is 29.5 Å². The van der Waals surface area contributed by atoms with E-state index in [1.54, 1.807) is 24.3 Å². The summed E-state index contributed by atoms with van der Waals surface area (Å²) in [5.41, 5.74) is -1.57. The van der Waals surface area contributed by atoms with Crippen LogP contribution in [-0.4, -0.2) is 38.6 Å². The number of aliphatic carboxylic acids is 1. The summed E-state index contributed by atoms with van der Waals surface area (Å²) < 4.78 is 5.65. The fraction of sp³-hybridized carbons (Fsp3) is 0.292. The monoisotopic (exact) mass is 483 g/mol. The lowest BCUT2D eigenvalue weighted by Crippen LogP contribution is -2.23. The van der Waals surface area contributed by atoms with Crippen molar-refractivity contribution in [2.24, 2.45) is 0 Å². The largest absolute Gasteiger partial charge is 0.506 e. The highest BCUT2D eigenvalue weighted by atomic mass is 16.6. The number of hydrogen-bond acceptors (Lipinski definition) is 7. The standard InChI is InChI=1S/C24H25N3O8/c28-19(29)9-4-2-1-3-5-14-35-16-12-10-15(11-13-16)25-23(31)21-22(30)20-17(26-24(21)32)7-6-8-18(20)27(33)34/h6-8,10-13H,1-5,9,14H2,(H,25,31)(H,28,29)(H2,26,30,32). The van der Waals surface area contributed by atoms with Gasteiger partial charge in [-0.2, -0.15) is 0 Å². The highest BCUT2D eigenvalue weighted by molar-refractivity contribution is 6.10. The minimum Gasteiger partial charge on any atom is -0.506 e. The summed E-state index contributed by atoms with van der Waals surface area (Å²) in [4.78, 5) is 48.5. The molecule has 0 saturated heterocycles. The molecule has 1 amide bonds. The van der Waals surface area contributed by atoms with Crippen molar-refractivity contribution in [3.63, 3.8) is 0 Å². The maximum Gasteiger partial charge on any atom is 0.303 e. The Morgan fingerprint density at radius 2 is 1.71 bits per heavy atom. The summed E-state index contributed by atoms with van der Waals surface area (Å²) >= 11 is 0. The first-order valence-corrected chi connectivity index (χ1v) is 11.1. The molecule has 3 aromatic rings. The minimum absolute atomic E-state index is 0.0417. The lowest BCUT2D eigenvalue weighted by Gasteiger charge is -2.10. The topological polar surface area (TPSA) is 172 Å². The minimum atomic E-state index is -0.916. The zero-order valence-corrected chi connectivity index (χ0v) is 18.8. The number of anilines is 1. The average Bonchev–Trinajstić information content (AvgIpc) is 2.81. The molecule has 1 aromatic heterocycles. The number of rotatable bonds is 12. The fourth-order valence-electron chi connectivity index (χ4n) is 3.60. The summed E-state index contributed by atoms with van der Waals surface area (Å²) in [5, 5.41) is 32.7. The summed E-state index contributed by atoms with van der Waals surface area (Å²) in [7, 11) is 0. The molecule has 0 saturated carbocycles. The third-order valence-corrected chi connectivity index (χ3v) is 5.33. The summed E-state index contributed by atoms with van der Waals surface area (Å²) in [6.07, 6.45) is 4.41. The molecule has 35 heavy (non-hydrogen) atoms. The van der Waals surface area contributed by atoms with Crippen LogP contribution in [0.15, 0.2) is 47.3 Å². The highest BCUT2D eigenvalue weighted by Gasteiger charge is 2.24. The molecule has 11 heteroatoms. The second-order valence-corrected chi connectivity index (χ2v) is 7.87. The molecule has 0 aliphatic heterocycles. The number of hydrogen-bond donors (Lipinski definition) is 4. The number of unbranched alkanes of at least 4 members (excludes halogenated alkanes) is 4. The number of ether oxygens (including phenoxy) is 1. The Morgan fingerprint density at radius 3 is 2.40 bits per heavy atom. The molecule has 0 unspecified atom stereocenters. The number of aromatic nitrogens is 1. The van der Waals surface area contributed by atoms with E-state index < -0.39 is 39.4 Å². The van der Waals surface area contributed by atoms with Crippen LogP contribution in [0.4, 0.5) is 11.4 Å². The zero-order chi connectivity index (χ0) is 25.4. The molecular weight excluding hydrogens is 458 g/mol. The van der Waals surface area contributed by atoms with Crippen LogP contribution in [-0.2, 0) is 4.79 Å². The number of fused-ring (bicyclic) bond motifs is 1. The Hall–Kier alpha value is -4.41. The van der Waals surface area contributed by atoms with Crippen LogP contribution in [0.2, 0.25) is 0 Å². The first-order valence-electron chi connectivity index (χ1n) is 11.1. The number of nitro benzene ring substituents is 1. The van der Waals surface area contributed by atoms with Crippen molar-refractivity contribution in [1.82, 2.24) is 4.98 Å².